The topological polar surface area (TPSA) is 63.7 Å². The van der Waals surface area contributed by atoms with Crippen LogP contribution in [0.5, 0.6) is 0 Å². The molecule has 5 rings (SSSR count). The lowest BCUT2D eigenvalue weighted by molar-refractivity contribution is -0.123. The molecule has 3 aliphatic carbocycles. The van der Waals surface area contributed by atoms with E-state index in [-0.39, 0.29) is 47.0 Å². The van der Waals surface area contributed by atoms with Crippen LogP contribution in [0.4, 0.5) is 5.69 Å². The molecule has 2 amide bonds. The second kappa shape index (κ2) is 5.06. The van der Waals surface area contributed by atoms with Crippen LogP contribution < -0.4 is 4.90 Å². The van der Waals surface area contributed by atoms with Gasteiger partial charge in [-0.1, -0.05) is 18.2 Å². The van der Waals surface area contributed by atoms with Crippen molar-refractivity contribution in [1.29, 1.82) is 0 Å². The molecule has 1 spiro atoms. The number of hydrogen-bond donors (Lipinski definition) is 0. The van der Waals surface area contributed by atoms with Gasteiger partial charge in [0.15, 0.2) is 0 Å². The third-order valence-electron chi connectivity index (χ3n) is 6.54. The number of ether oxygens (including phenoxy) is 1. The fraction of sp³-hybridized carbons (Fsp3) is 0.476. The molecular formula is C21H21NO4. The van der Waals surface area contributed by atoms with Crippen LogP contribution in [-0.2, 0) is 14.3 Å². The Bertz CT molecular complexity index is 833. The average Bonchev–Trinajstić information content (AvgIpc) is 3.19. The Morgan fingerprint density at radius 3 is 2.27 bits per heavy atom. The highest BCUT2D eigenvalue weighted by atomic mass is 16.5. The van der Waals surface area contributed by atoms with E-state index in [9.17, 15) is 14.4 Å². The zero-order valence-corrected chi connectivity index (χ0v) is 14.8. The molecule has 3 fully saturated rings. The molecule has 1 aromatic carbocycles. The van der Waals surface area contributed by atoms with Gasteiger partial charge in [-0.05, 0) is 62.1 Å². The number of hydrogen-bond acceptors (Lipinski definition) is 4. The van der Waals surface area contributed by atoms with E-state index >= 15 is 0 Å². The Hall–Kier alpha value is -2.43. The first kappa shape index (κ1) is 15.8. The second-order valence-electron chi connectivity index (χ2n) is 8.24. The molecule has 134 valence electrons. The zero-order valence-electron chi connectivity index (χ0n) is 14.8. The molecule has 26 heavy (non-hydrogen) atoms. The standard InChI is InChI=1S/C21H21NO4/c1-11(2)26-20(25)12-4-3-5-13(10-12)22-18(23)16-14-6-7-15(17(16)19(22)24)21(14)8-9-21/h3-7,10-11,14-17H,8-9H2,1-2H3/t14-,15-,16-,17-/m1/s1. The number of benzene rings is 1. The van der Waals surface area contributed by atoms with Crippen LogP contribution in [0.15, 0.2) is 36.4 Å². The van der Waals surface area contributed by atoms with E-state index in [4.69, 9.17) is 4.74 Å². The highest BCUT2D eigenvalue weighted by Gasteiger charge is 2.73. The van der Waals surface area contributed by atoms with Gasteiger partial charge in [-0.15, -0.1) is 0 Å². The molecule has 0 N–H and O–H groups in total. The first-order chi connectivity index (χ1) is 12.4. The number of rotatable bonds is 3. The molecule has 0 radical (unpaired) electrons. The summed E-state index contributed by atoms with van der Waals surface area (Å²) in [5, 5.41) is 0. The summed E-state index contributed by atoms with van der Waals surface area (Å²) in [5.74, 6) is -0.728. The Kier molecular flexibility index (Phi) is 3.07. The van der Waals surface area contributed by atoms with Gasteiger partial charge in [0.25, 0.3) is 0 Å². The van der Waals surface area contributed by atoms with Gasteiger partial charge in [-0.2, -0.15) is 0 Å². The maximum Gasteiger partial charge on any atom is 0.338 e. The van der Waals surface area contributed by atoms with Crippen molar-refractivity contribution < 1.29 is 19.1 Å². The molecule has 4 atom stereocenters. The fourth-order valence-corrected chi connectivity index (χ4v) is 5.39. The van der Waals surface area contributed by atoms with E-state index in [0.29, 0.717) is 11.3 Å². The fourth-order valence-electron chi connectivity index (χ4n) is 5.39. The zero-order chi connectivity index (χ0) is 18.2. The number of carbonyl (C=O) groups excluding carboxylic acids is 3. The maximum atomic E-state index is 13.1. The van der Waals surface area contributed by atoms with Gasteiger partial charge in [0, 0.05) is 0 Å². The molecular weight excluding hydrogens is 330 g/mol. The van der Waals surface area contributed by atoms with Gasteiger partial charge in [-0.25, -0.2) is 9.69 Å². The van der Waals surface area contributed by atoms with Crippen molar-refractivity contribution in [2.45, 2.75) is 32.8 Å². The Morgan fingerprint density at radius 2 is 1.73 bits per heavy atom. The monoisotopic (exact) mass is 351 g/mol. The van der Waals surface area contributed by atoms with Crippen LogP contribution in [0.3, 0.4) is 0 Å². The molecule has 1 saturated heterocycles. The van der Waals surface area contributed by atoms with Crippen molar-refractivity contribution in [2.24, 2.45) is 29.1 Å². The van der Waals surface area contributed by atoms with Crippen molar-refractivity contribution in [1.82, 2.24) is 0 Å². The number of carbonyl (C=O) groups is 3. The quantitative estimate of drug-likeness (QED) is 0.477. The van der Waals surface area contributed by atoms with Crippen LogP contribution in [0.1, 0.15) is 37.0 Å². The third-order valence-corrected chi connectivity index (χ3v) is 6.54. The van der Waals surface area contributed by atoms with E-state index in [1.54, 1.807) is 38.1 Å². The van der Waals surface area contributed by atoms with Gasteiger partial charge in [0.2, 0.25) is 11.8 Å². The van der Waals surface area contributed by atoms with E-state index < -0.39 is 5.97 Å². The summed E-state index contributed by atoms with van der Waals surface area (Å²) in [6, 6.07) is 6.63. The number of imide groups is 1. The summed E-state index contributed by atoms with van der Waals surface area (Å²) in [5.41, 5.74) is 1.01. The minimum absolute atomic E-state index is 0.113. The lowest BCUT2D eigenvalue weighted by atomic mass is 9.85. The van der Waals surface area contributed by atoms with Crippen molar-refractivity contribution in [3.8, 4) is 0 Å². The van der Waals surface area contributed by atoms with Crippen LogP contribution in [0.25, 0.3) is 0 Å². The summed E-state index contributed by atoms with van der Waals surface area (Å²) in [6.07, 6.45) is 6.34. The van der Waals surface area contributed by atoms with Crippen LogP contribution in [0, 0.1) is 29.1 Å². The molecule has 0 aromatic heterocycles. The van der Waals surface area contributed by atoms with Gasteiger partial charge in [-0.3, -0.25) is 9.59 Å². The first-order valence-electron chi connectivity index (χ1n) is 9.31. The SMILES string of the molecule is CC(C)OC(=O)c1cccc(N2C(=O)[C@H]3[C@H](C2=O)[C@H]2C=C[C@H]3C23CC3)c1. The van der Waals surface area contributed by atoms with Gasteiger partial charge in [0.1, 0.15) is 0 Å². The minimum atomic E-state index is -0.445. The number of anilines is 1. The van der Waals surface area contributed by atoms with Crippen molar-refractivity contribution in [3.63, 3.8) is 0 Å². The summed E-state index contributed by atoms with van der Waals surface area (Å²) in [6.45, 7) is 3.57. The molecule has 4 aliphatic rings. The van der Waals surface area contributed by atoms with Crippen molar-refractivity contribution >= 4 is 23.5 Å². The van der Waals surface area contributed by atoms with E-state index in [1.165, 1.54) is 4.90 Å². The predicted molar refractivity (Wildman–Crippen MR) is 94.3 cm³/mol. The average molecular weight is 351 g/mol. The highest BCUT2D eigenvalue weighted by Crippen LogP contribution is 2.73. The minimum Gasteiger partial charge on any atom is -0.459 e. The van der Waals surface area contributed by atoms with Gasteiger partial charge in [0.05, 0.1) is 29.2 Å². The number of esters is 1. The molecule has 1 aromatic rings. The van der Waals surface area contributed by atoms with E-state index in [0.717, 1.165) is 12.8 Å². The molecule has 2 bridgehead atoms. The Balaban J connectivity index is 1.47. The van der Waals surface area contributed by atoms with Crippen LogP contribution in [-0.4, -0.2) is 23.9 Å². The normalized spacial score (nSPS) is 32.7. The first-order valence-corrected chi connectivity index (χ1v) is 9.31. The predicted octanol–water partition coefficient (Wildman–Crippen LogP) is 2.95. The largest absolute Gasteiger partial charge is 0.459 e. The summed E-state index contributed by atoms with van der Waals surface area (Å²) < 4.78 is 5.22. The molecule has 5 nitrogen and oxygen atoms in total. The van der Waals surface area contributed by atoms with Gasteiger partial charge < -0.3 is 4.74 Å². The second-order valence-corrected chi connectivity index (χ2v) is 8.24. The molecule has 2 saturated carbocycles. The van der Waals surface area contributed by atoms with E-state index in [2.05, 4.69) is 12.2 Å². The van der Waals surface area contributed by atoms with Crippen LogP contribution in [0.2, 0.25) is 0 Å². The van der Waals surface area contributed by atoms with Crippen molar-refractivity contribution in [3.05, 3.63) is 42.0 Å². The molecule has 1 heterocycles. The van der Waals surface area contributed by atoms with E-state index in [1.807, 2.05) is 0 Å². The molecule has 5 heteroatoms. The van der Waals surface area contributed by atoms with Crippen LogP contribution >= 0.6 is 0 Å². The Labute approximate surface area is 152 Å². The summed E-state index contributed by atoms with van der Waals surface area (Å²) in [4.78, 5) is 39.7. The third kappa shape index (κ3) is 1.89. The number of allylic oxidation sites excluding steroid dienone is 2. The number of amides is 2. The lowest BCUT2D eigenvalue weighted by Crippen LogP contribution is -2.34. The van der Waals surface area contributed by atoms with Gasteiger partial charge >= 0.3 is 5.97 Å². The summed E-state index contributed by atoms with van der Waals surface area (Å²) >= 11 is 0. The summed E-state index contributed by atoms with van der Waals surface area (Å²) in [7, 11) is 0. The molecule has 0 unspecified atom stereocenters. The Morgan fingerprint density at radius 1 is 1.12 bits per heavy atom. The number of nitrogens with zero attached hydrogens (tertiary/aromatic N) is 1. The molecule has 1 aliphatic heterocycles. The highest BCUT2D eigenvalue weighted by molar-refractivity contribution is 6.23. The maximum absolute atomic E-state index is 13.1. The number of fused-ring (bicyclic) bond motifs is 3. The lowest BCUT2D eigenvalue weighted by Gasteiger charge is -2.22. The smallest absolute Gasteiger partial charge is 0.338 e. The van der Waals surface area contributed by atoms with Crippen molar-refractivity contribution in [2.75, 3.05) is 4.90 Å².